The number of benzene rings is 2. The van der Waals surface area contributed by atoms with Crippen LogP contribution in [0.5, 0.6) is 0 Å². The molecule has 0 aliphatic carbocycles. The van der Waals surface area contributed by atoms with Crippen LogP contribution in [0, 0.1) is 23.4 Å². The first-order valence-corrected chi connectivity index (χ1v) is 11.4. The molecule has 6 nitrogen and oxygen atoms in total. The van der Waals surface area contributed by atoms with Crippen LogP contribution in [0.2, 0.25) is 5.02 Å². The maximum atomic E-state index is 14.0. The van der Waals surface area contributed by atoms with Crippen molar-refractivity contribution in [2.24, 2.45) is 5.92 Å². The Morgan fingerprint density at radius 1 is 0.706 bits per heavy atom. The number of halogens is 4. The van der Waals surface area contributed by atoms with Crippen LogP contribution >= 0.6 is 11.6 Å². The summed E-state index contributed by atoms with van der Waals surface area (Å²) < 4.78 is 41.1. The summed E-state index contributed by atoms with van der Waals surface area (Å²) in [7, 11) is 0. The van der Waals surface area contributed by atoms with Crippen molar-refractivity contribution < 1.29 is 27.6 Å². The van der Waals surface area contributed by atoms with Crippen LogP contribution in [-0.2, 0) is 4.79 Å². The lowest BCUT2D eigenvalue weighted by atomic mass is 9.94. The summed E-state index contributed by atoms with van der Waals surface area (Å²) in [5, 5.41) is 0.269. The molecule has 2 aromatic rings. The van der Waals surface area contributed by atoms with Crippen molar-refractivity contribution in [3.63, 3.8) is 0 Å². The van der Waals surface area contributed by atoms with Gasteiger partial charge in [0.15, 0.2) is 0 Å². The Hall–Kier alpha value is -3.07. The molecule has 4 rings (SSSR count). The van der Waals surface area contributed by atoms with Gasteiger partial charge in [-0.3, -0.25) is 14.4 Å². The molecule has 0 saturated carbocycles. The highest BCUT2D eigenvalue weighted by molar-refractivity contribution is 6.31. The van der Waals surface area contributed by atoms with Crippen LogP contribution in [0.25, 0.3) is 0 Å². The van der Waals surface area contributed by atoms with Gasteiger partial charge in [-0.05, 0) is 43.2 Å². The van der Waals surface area contributed by atoms with Gasteiger partial charge in [-0.2, -0.15) is 0 Å². The molecular weight excluding hydrogens is 471 g/mol. The number of likely N-dealkylation sites (tertiary alicyclic amines) is 1. The zero-order valence-corrected chi connectivity index (χ0v) is 19.0. The van der Waals surface area contributed by atoms with Gasteiger partial charge in [-0.25, -0.2) is 13.2 Å². The van der Waals surface area contributed by atoms with E-state index in [1.165, 1.54) is 21.9 Å². The Balaban J connectivity index is 1.29. The highest BCUT2D eigenvalue weighted by Crippen LogP contribution is 2.24. The van der Waals surface area contributed by atoms with E-state index in [-0.39, 0.29) is 41.1 Å². The molecule has 0 N–H and O–H groups in total. The van der Waals surface area contributed by atoms with Gasteiger partial charge in [0.2, 0.25) is 5.91 Å². The van der Waals surface area contributed by atoms with E-state index in [0.717, 1.165) is 18.2 Å². The fourth-order valence-electron chi connectivity index (χ4n) is 4.38. The second-order valence-corrected chi connectivity index (χ2v) is 8.87. The van der Waals surface area contributed by atoms with E-state index in [1.54, 1.807) is 4.90 Å². The predicted octanol–water partition coefficient (Wildman–Crippen LogP) is 3.59. The van der Waals surface area contributed by atoms with Crippen LogP contribution < -0.4 is 0 Å². The fraction of sp³-hybridized carbons (Fsp3) is 0.375. The molecule has 2 aromatic carbocycles. The molecule has 2 heterocycles. The lowest BCUT2D eigenvalue weighted by Crippen LogP contribution is -2.53. The van der Waals surface area contributed by atoms with Gasteiger partial charge in [-0.1, -0.05) is 11.6 Å². The standard InChI is InChI=1S/C24H23ClF3N3O3/c25-16-1-4-20(27)19(13-16)24(34)31-11-9-30(10-12-31)22(32)15-5-7-29(8-6-15)23(33)18-3-2-17(26)14-21(18)28/h1-4,13-15H,5-12H2. The second kappa shape index (κ2) is 10.0. The fourth-order valence-corrected chi connectivity index (χ4v) is 4.55. The molecule has 2 fully saturated rings. The number of carbonyl (C=O) groups excluding carboxylic acids is 3. The summed E-state index contributed by atoms with van der Waals surface area (Å²) in [5.41, 5.74) is -0.287. The number of hydrogen-bond acceptors (Lipinski definition) is 3. The van der Waals surface area contributed by atoms with Gasteiger partial charge in [0, 0.05) is 56.3 Å². The molecule has 10 heteroatoms. The smallest absolute Gasteiger partial charge is 0.257 e. The molecule has 2 saturated heterocycles. The van der Waals surface area contributed by atoms with Gasteiger partial charge in [0.1, 0.15) is 17.5 Å². The zero-order chi connectivity index (χ0) is 24.4. The van der Waals surface area contributed by atoms with E-state index >= 15 is 0 Å². The van der Waals surface area contributed by atoms with E-state index in [9.17, 15) is 27.6 Å². The van der Waals surface area contributed by atoms with E-state index in [4.69, 9.17) is 11.6 Å². The van der Waals surface area contributed by atoms with Gasteiger partial charge < -0.3 is 14.7 Å². The topological polar surface area (TPSA) is 60.9 Å². The largest absolute Gasteiger partial charge is 0.339 e. The quantitative estimate of drug-likeness (QED) is 0.656. The summed E-state index contributed by atoms with van der Waals surface area (Å²) in [4.78, 5) is 42.8. The average Bonchev–Trinajstić information content (AvgIpc) is 2.84. The van der Waals surface area contributed by atoms with Gasteiger partial charge in [0.25, 0.3) is 11.8 Å². The number of amides is 3. The maximum Gasteiger partial charge on any atom is 0.257 e. The first-order chi connectivity index (χ1) is 16.2. The van der Waals surface area contributed by atoms with E-state index < -0.39 is 29.3 Å². The molecular formula is C24H23ClF3N3O3. The molecule has 2 aliphatic rings. The molecule has 0 spiro atoms. The van der Waals surface area contributed by atoms with Gasteiger partial charge in [0.05, 0.1) is 11.1 Å². The number of hydrogen-bond donors (Lipinski definition) is 0. The highest BCUT2D eigenvalue weighted by atomic mass is 35.5. The lowest BCUT2D eigenvalue weighted by Gasteiger charge is -2.38. The summed E-state index contributed by atoms with van der Waals surface area (Å²) in [6, 6.07) is 6.66. The third-order valence-corrected chi connectivity index (χ3v) is 6.57. The number of rotatable bonds is 3. The molecule has 3 amide bonds. The highest BCUT2D eigenvalue weighted by Gasteiger charge is 2.33. The third kappa shape index (κ3) is 5.04. The molecule has 0 unspecified atom stereocenters. The van der Waals surface area contributed by atoms with Crippen molar-refractivity contribution in [3.8, 4) is 0 Å². The molecule has 34 heavy (non-hydrogen) atoms. The summed E-state index contributed by atoms with van der Waals surface area (Å²) in [5.74, 6) is -3.63. The monoisotopic (exact) mass is 493 g/mol. The number of piperidine rings is 1. The second-order valence-electron chi connectivity index (χ2n) is 8.43. The minimum Gasteiger partial charge on any atom is -0.339 e. The minimum absolute atomic E-state index is 0.0545. The van der Waals surface area contributed by atoms with Crippen LogP contribution in [-0.4, -0.2) is 71.7 Å². The SMILES string of the molecule is O=C(c1ccc(F)cc1F)N1CCC(C(=O)N2CCN(C(=O)c3cc(Cl)ccc3F)CC2)CC1. The van der Waals surface area contributed by atoms with E-state index in [0.29, 0.717) is 45.1 Å². The Kier molecular flexibility index (Phi) is 7.11. The van der Waals surface area contributed by atoms with Crippen LogP contribution in [0.4, 0.5) is 13.2 Å². The molecule has 2 aliphatic heterocycles. The predicted molar refractivity (Wildman–Crippen MR) is 119 cm³/mol. The normalized spacial score (nSPS) is 17.1. The zero-order valence-electron chi connectivity index (χ0n) is 18.3. The maximum absolute atomic E-state index is 14.0. The number of nitrogens with zero attached hydrogens (tertiary/aromatic N) is 3. The van der Waals surface area contributed by atoms with Crippen molar-refractivity contribution in [2.45, 2.75) is 12.8 Å². The van der Waals surface area contributed by atoms with Crippen molar-refractivity contribution in [1.82, 2.24) is 14.7 Å². The first-order valence-electron chi connectivity index (χ1n) is 11.0. The lowest BCUT2D eigenvalue weighted by molar-refractivity contribution is -0.138. The Morgan fingerprint density at radius 3 is 1.94 bits per heavy atom. The summed E-state index contributed by atoms with van der Waals surface area (Å²) in [6.07, 6.45) is 0.862. The molecule has 0 aromatic heterocycles. The number of carbonyl (C=O) groups is 3. The summed E-state index contributed by atoms with van der Waals surface area (Å²) in [6.45, 7) is 1.78. The molecule has 0 atom stereocenters. The van der Waals surface area contributed by atoms with Crippen LogP contribution in [0.3, 0.4) is 0 Å². The van der Waals surface area contributed by atoms with Crippen molar-refractivity contribution >= 4 is 29.3 Å². The number of piperazine rings is 1. The first kappa shape index (κ1) is 24.1. The van der Waals surface area contributed by atoms with Crippen LogP contribution in [0.1, 0.15) is 33.6 Å². The van der Waals surface area contributed by atoms with E-state index in [1.807, 2.05) is 0 Å². The van der Waals surface area contributed by atoms with Crippen molar-refractivity contribution in [1.29, 1.82) is 0 Å². The molecule has 180 valence electrons. The average molecular weight is 494 g/mol. The molecule has 0 bridgehead atoms. The Morgan fingerprint density at radius 2 is 1.29 bits per heavy atom. The van der Waals surface area contributed by atoms with E-state index in [2.05, 4.69) is 0 Å². The Labute approximate surface area is 199 Å². The minimum atomic E-state index is -0.909. The van der Waals surface area contributed by atoms with Crippen molar-refractivity contribution in [3.05, 3.63) is 70.0 Å². The van der Waals surface area contributed by atoms with Crippen LogP contribution in [0.15, 0.2) is 36.4 Å². The van der Waals surface area contributed by atoms with Crippen molar-refractivity contribution in [2.75, 3.05) is 39.3 Å². The van der Waals surface area contributed by atoms with Gasteiger partial charge >= 0.3 is 0 Å². The Bertz CT molecular complexity index is 1110. The molecule has 0 radical (unpaired) electrons. The third-order valence-electron chi connectivity index (χ3n) is 6.33. The summed E-state index contributed by atoms with van der Waals surface area (Å²) >= 11 is 5.88. The van der Waals surface area contributed by atoms with Gasteiger partial charge in [-0.15, -0.1) is 0 Å².